The highest BCUT2D eigenvalue weighted by atomic mass is 16.6. The maximum atomic E-state index is 10.7. The number of nitrogens with zero attached hydrogens (tertiary/aromatic N) is 3. The van der Waals surface area contributed by atoms with E-state index in [0.29, 0.717) is 12.2 Å². The second-order valence-corrected chi connectivity index (χ2v) is 3.44. The minimum atomic E-state index is -0.425. The second-order valence-electron chi connectivity index (χ2n) is 3.44. The minimum Gasteiger partial charge on any atom is -0.325 e. The standard InChI is InChI=1S/C10H12N4O2/c1-2-8-9(5-11)13-6-7(14(15)16)3-4-10(13)12-8/h3-4,6H,2,5,11H2,1H3. The number of hydrogen-bond acceptors (Lipinski definition) is 4. The SMILES string of the molecule is CCc1nc2ccc([N+](=O)[O-])cn2c1CN. The fourth-order valence-electron chi connectivity index (χ4n) is 1.74. The van der Waals surface area contributed by atoms with E-state index in [9.17, 15) is 10.1 Å². The van der Waals surface area contributed by atoms with Crippen LogP contribution in [0.25, 0.3) is 5.65 Å². The maximum absolute atomic E-state index is 10.7. The molecular weight excluding hydrogens is 208 g/mol. The summed E-state index contributed by atoms with van der Waals surface area (Å²) in [5, 5.41) is 10.7. The van der Waals surface area contributed by atoms with Crippen molar-refractivity contribution in [1.82, 2.24) is 9.38 Å². The van der Waals surface area contributed by atoms with Crippen LogP contribution in [-0.2, 0) is 13.0 Å². The first-order valence-corrected chi connectivity index (χ1v) is 5.01. The van der Waals surface area contributed by atoms with Crippen molar-refractivity contribution in [2.45, 2.75) is 19.9 Å². The van der Waals surface area contributed by atoms with Crippen LogP contribution in [0.3, 0.4) is 0 Å². The highest BCUT2D eigenvalue weighted by molar-refractivity contribution is 5.48. The van der Waals surface area contributed by atoms with E-state index in [1.54, 1.807) is 10.5 Å². The lowest BCUT2D eigenvalue weighted by Crippen LogP contribution is -2.04. The van der Waals surface area contributed by atoms with Crippen LogP contribution in [0.1, 0.15) is 18.3 Å². The first kappa shape index (κ1) is 10.6. The molecule has 16 heavy (non-hydrogen) atoms. The Bertz CT molecular complexity index is 547. The van der Waals surface area contributed by atoms with Crippen LogP contribution in [-0.4, -0.2) is 14.3 Å². The van der Waals surface area contributed by atoms with Crippen LogP contribution in [0.4, 0.5) is 5.69 Å². The molecule has 0 saturated carbocycles. The van der Waals surface area contributed by atoms with Gasteiger partial charge in [-0.3, -0.25) is 14.5 Å². The molecule has 6 nitrogen and oxygen atoms in total. The lowest BCUT2D eigenvalue weighted by atomic mass is 10.2. The first-order valence-electron chi connectivity index (χ1n) is 5.01. The molecule has 0 fully saturated rings. The summed E-state index contributed by atoms with van der Waals surface area (Å²) in [7, 11) is 0. The van der Waals surface area contributed by atoms with Gasteiger partial charge < -0.3 is 5.73 Å². The summed E-state index contributed by atoms with van der Waals surface area (Å²) >= 11 is 0. The summed E-state index contributed by atoms with van der Waals surface area (Å²) in [4.78, 5) is 14.6. The molecule has 0 atom stereocenters. The molecule has 0 aliphatic heterocycles. The molecular formula is C10H12N4O2. The molecule has 2 rings (SSSR count). The number of rotatable bonds is 3. The van der Waals surface area contributed by atoms with Crippen molar-refractivity contribution in [3.05, 3.63) is 39.8 Å². The van der Waals surface area contributed by atoms with Crippen molar-refractivity contribution in [3.8, 4) is 0 Å². The molecule has 0 unspecified atom stereocenters. The van der Waals surface area contributed by atoms with Gasteiger partial charge >= 0.3 is 0 Å². The Hall–Kier alpha value is -1.95. The van der Waals surface area contributed by atoms with E-state index >= 15 is 0 Å². The predicted octanol–water partition coefficient (Wildman–Crippen LogP) is 1.26. The topological polar surface area (TPSA) is 86.5 Å². The normalized spacial score (nSPS) is 10.9. The van der Waals surface area contributed by atoms with E-state index < -0.39 is 4.92 Å². The molecule has 0 aromatic carbocycles. The number of imidazole rings is 1. The van der Waals surface area contributed by atoms with Gasteiger partial charge in [0.2, 0.25) is 0 Å². The van der Waals surface area contributed by atoms with Crippen LogP contribution in [0.5, 0.6) is 0 Å². The number of nitro groups is 1. The largest absolute Gasteiger partial charge is 0.325 e. The van der Waals surface area contributed by atoms with Crippen LogP contribution in [0.15, 0.2) is 18.3 Å². The first-order chi connectivity index (χ1) is 7.67. The third kappa shape index (κ3) is 1.53. The van der Waals surface area contributed by atoms with Crippen molar-refractivity contribution in [1.29, 1.82) is 0 Å². The average molecular weight is 220 g/mol. The summed E-state index contributed by atoms with van der Waals surface area (Å²) in [6.45, 7) is 2.31. The summed E-state index contributed by atoms with van der Waals surface area (Å²) in [6, 6.07) is 3.08. The zero-order valence-electron chi connectivity index (χ0n) is 8.88. The number of nitrogens with two attached hydrogens (primary N) is 1. The van der Waals surface area contributed by atoms with E-state index in [2.05, 4.69) is 4.98 Å². The van der Waals surface area contributed by atoms with E-state index in [4.69, 9.17) is 5.73 Å². The lowest BCUT2D eigenvalue weighted by molar-refractivity contribution is -0.385. The zero-order valence-corrected chi connectivity index (χ0v) is 8.88. The van der Waals surface area contributed by atoms with E-state index in [1.807, 2.05) is 6.92 Å². The average Bonchev–Trinajstić information content (AvgIpc) is 2.65. The van der Waals surface area contributed by atoms with Gasteiger partial charge in [-0.2, -0.15) is 0 Å². The van der Waals surface area contributed by atoms with Gasteiger partial charge in [0.05, 0.1) is 22.5 Å². The van der Waals surface area contributed by atoms with Crippen molar-refractivity contribution in [3.63, 3.8) is 0 Å². The van der Waals surface area contributed by atoms with Gasteiger partial charge in [-0.25, -0.2) is 4.98 Å². The van der Waals surface area contributed by atoms with Gasteiger partial charge in [0.1, 0.15) is 5.65 Å². The number of pyridine rings is 1. The van der Waals surface area contributed by atoms with Crippen LogP contribution in [0.2, 0.25) is 0 Å². The Kier molecular flexibility index (Phi) is 2.57. The van der Waals surface area contributed by atoms with Crippen LogP contribution >= 0.6 is 0 Å². The molecule has 0 bridgehead atoms. The third-order valence-electron chi connectivity index (χ3n) is 2.52. The molecule has 0 amide bonds. The quantitative estimate of drug-likeness (QED) is 0.623. The summed E-state index contributed by atoms with van der Waals surface area (Å²) in [6.07, 6.45) is 2.23. The molecule has 2 heterocycles. The number of aromatic nitrogens is 2. The maximum Gasteiger partial charge on any atom is 0.286 e. The van der Waals surface area contributed by atoms with Gasteiger partial charge in [-0.1, -0.05) is 6.92 Å². The summed E-state index contributed by atoms with van der Waals surface area (Å²) < 4.78 is 1.69. The van der Waals surface area contributed by atoms with E-state index in [1.165, 1.54) is 12.3 Å². The van der Waals surface area contributed by atoms with Gasteiger partial charge in [0, 0.05) is 12.6 Å². The smallest absolute Gasteiger partial charge is 0.286 e. The van der Waals surface area contributed by atoms with E-state index in [0.717, 1.165) is 17.8 Å². The Balaban J connectivity index is 2.70. The molecule has 0 aliphatic rings. The van der Waals surface area contributed by atoms with Gasteiger partial charge in [0.15, 0.2) is 0 Å². The van der Waals surface area contributed by atoms with Crippen LogP contribution < -0.4 is 5.73 Å². The molecule has 0 saturated heterocycles. The number of aryl methyl sites for hydroxylation is 1. The zero-order chi connectivity index (χ0) is 11.7. The minimum absolute atomic E-state index is 0.0438. The predicted molar refractivity (Wildman–Crippen MR) is 59.1 cm³/mol. The van der Waals surface area contributed by atoms with Crippen molar-refractivity contribution < 1.29 is 4.92 Å². The molecule has 2 N–H and O–H groups in total. The lowest BCUT2D eigenvalue weighted by Gasteiger charge is -1.99. The Morgan fingerprint density at radius 2 is 2.31 bits per heavy atom. The molecule has 0 aliphatic carbocycles. The molecule has 0 radical (unpaired) electrons. The molecule has 0 spiro atoms. The van der Waals surface area contributed by atoms with Gasteiger partial charge in [-0.05, 0) is 12.5 Å². The number of fused-ring (bicyclic) bond motifs is 1. The fraction of sp³-hybridized carbons (Fsp3) is 0.300. The van der Waals surface area contributed by atoms with Crippen molar-refractivity contribution in [2.75, 3.05) is 0 Å². The Morgan fingerprint density at radius 1 is 1.56 bits per heavy atom. The number of hydrogen-bond donors (Lipinski definition) is 1. The Morgan fingerprint density at radius 3 is 2.88 bits per heavy atom. The van der Waals surface area contributed by atoms with Crippen molar-refractivity contribution in [2.24, 2.45) is 5.73 Å². The third-order valence-corrected chi connectivity index (χ3v) is 2.52. The monoisotopic (exact) mass is 220 g/mol. The molecule has 2 aromatic rings. The second kappa shape index (κ2) is 3.90. The summed E-state index contributed by atoms with van der Waals surface area (Å²) in [5.41, 5.74) is 8.10. The van der Waals surface area contributed by atoms with Crippen LogP contribution in [0, 0.1) is 10.1 Å². The molecule has 6 heteroatoms. The van der Waals surface area contributed by atoms with Crippen molar-refractivity contribution >= 4 is 11.3 Å². The van der Waals surface area contributed by atoms with E-state index in [-0.39, 0.29) is 5.69 Å². The summed E-state index contributed by atoms with van der Waals surface area (Å²) in [5.74, 6) is 0. The van der Waals surface area contributed by atoms with Gasteiger partial charge in [0.25, 0.3) is 5.69 Å². The molecule has 2 aromatic heterocycles. The Labute approximate surface area is 91.9 Å². The van der Waals surface area contributed by atoms with Gasteiger partial charge in [-0.15, -0.1) is 0 Å². The highest BCUT2D eigenvalue weighted by Crippen LogP contribution is 2.17. The molecule has 84 valence electrons. The highest BCUT2D eigenvalue weighted by Gasteiger charge is 2.12. The fourth-order valence-corrected chi connectivity index (χ4v) is 1.74.